The molecule has 4 nitrogen and oxygen atoms in total. The molecule has 1 N–H and O–H groups in total. The van der Waals surface area contributed by atoms with Crippen LogP contribution in [0.1, 0.15) is 37.7 Å². The van der Waals surface area contributed by atoms with Crippen LogP contribution >= 0.6 is 0 Å². The molecule has 1 saturated heterocycles. The fraction of sp³-hybridized carbons (Fsp3) is 0.526. The fourth-order valence-corrected chi connectivity index (χ4v) is 3.26. The molecule has 1 heterocycles. The van der Waals surface area contributed by atoms with Gasteiger partial charge in [0.05, 0.1) is 7.11 Å². The van der Waals surface area contributed by atoms with Crippen LogP contribution in [0.2, 0.25) is 0 Å². The number of amides is 2. The van der Waals surface area contributed by atoms with Gasteiger partial charge in [-0.05, 0) is 56.2 Å². The van der Waals surface area contributed by atoms with E-state index in [1.807, 2.05) is 29.2 Å². The predicted octanol–water partition coefficient (Wildman–Crippen LogP) is 3.52. The summed E-state index contributed by atoms with van der Waals surface area (Å²) in [6.45, 7) is 2.41. The number of allylic oxidation sites excluding steroid dienone is 1. The SMILES string of the molecule is COc1ccc(CCNC(=O)N2CCC(=C3CCC3)CC2)cc1. The molecule has 0 atom stereocenters. The highest BCUT2D eigenvalue weighted by Gasteiger charge is 2.22. The zero-order valence-electron chi connectivity index (χ0n) is 13.9. The number of carbonyl (C=O) groups excluding carboxylic acids is 1. The standard InChI is InChI=1S/C19H26N2O2/c1-23-18-7-5-15(6-8-18)9-12-20-19(22)21-13-10-17(11-14-21)16-3-2-4-16/h5-8H,2-4,9-14H2,1H3,(H,20,22). The van der Waals surface area contributed by atoms with Crippen LogP contribution in [-0.4, -0.2) is 37.7 Å². The van der Waals surface area contributed by atoms with Gasteiger partial charge in [0.25, 0.3) is 0 Å². The van der Waals surface area contributed by atoms with Gasteiger partial charge in [0.1, 0.15) is 5.75 Å². The molecule has 0 radical (unpaired) electrons. The number of piperidine rings is 1. The molecule has 3 rings (SSSR count). The summed E-state index contributed by atoms with van der Waals surface area (Å²) in [5.41, 5.74) is 4.50. The molecular formula is C19H26N2O2. The van der Waals surface area contributed by atoms with Crippen LogP contribution in [0.4, 0.5) is 4.79 Å². The molecule has 4 heteroatoms. The van der Waals surface area contributed by atoms with Crippen LogP contribution < -0.4 is 10.1 Å². The minimum Gasteiger partial charge on any atom is -0.497 e. The highest BCUT2D eigenvalue weighted by molar-refractivity contribution is 5.74. The third kappa shape index (κ3) is 4.06. The van der Waals surface area contributed by atoms with Crippen molar-refractivity contribution < 1.29 is 9.53 Å². The lowest BCUT2D eigenvalue weighted by atomic mass is 9.84. The molecular weight excluding hydrogens is 288 g/mol. The number of likely N-dealkylation sites (tertiary alicyclic amines) is 1. The van der Waals surface area contributed by atoms with E-state index < -0.39 is 0 Å². The molecule has 1 aliphatic carbocycles. The first-order valence-electron chi connectivity index (χ1n) is 8.62. The summed E-state index contributed by atoms with van der Waals surface area (Å²) in [4.78, 5) is 14.2. The van der Waals surface area contributed by atoms with Crippen molar-refractivity contribution >= 4 is 6.03 Å². The van der Waals surface area contributed by atoms with Gasteiger partial charge >= 0.3 is 6.03 Å². The van der Waals surface area contributed by atoms with Crippen molar-refractivity contribution in [3.05, 3.63) is 41.0 Å². The summed E-state index contributed by atoms with van der Waals surface area (Å²) >= 11 is 0. The summed E-state index contributed by atoms with van der Waals surface area (Å²) in [5, 5.41) is 3.04. The second-order valence-electron chi connectivity index (χ2n) is 6.38. The van der Waals surface area contributed by atoms with Crippen molar-refractivity contribution in [1.82, 2.24) is 10.2 Å². The first-order valence-corrected chi connectivity index (χ1v) is 8.62. The first kappa shape index (κ1) is 15.9. The minimum atomic E-state index is 0.0798. The van der Waals surface area contributed by atoms with Gasteiger partial charge in [0.2, 0.25) is 0 Å². The number of urea groups is 1. The Morgan fingerprint density at radius 3 is 2.30 bits per heavy atom. The molecule has 1 aromatic rings. The summed E-state index contributed by atoms with van der Waals surface area (Å²) in [7, 11) is 1.67. The van der Waals surface area contributed by atoms with E-state index in [4.69, 9.17) is 4.74 Å². The lowest BCUT2D eigenvalue weighted by Gasteiger charge is -2.32. The Bertz CT molecular complexity index is 562. The van der Waals surface area contributed by atoms with Crippen molar-refractivity contribution in [2.75, 3.05) is 26.7 Å². The number of methoxy groups -OCH3 is 1. The van der Waals surface area contributed by atoms with E-state index in [-0.39, 0.29) is 6.03 Å². The normalized spacial score (nSPS) is 17.7. The molecule has 2 fully saturated rings. The smallest absolute Gasteiger partial charge is 0.317 e. The highest BCUT2D eigenvalue weighted by atomic mass is 16.5. The molecule has 0 aromatic heterocycles. The second-order valence-corrected chi connectivity index (χ2v) is 6.38. The van der Waals surface area contributed by atoms with Gasteiger partial charge in [0, 0.05) is 19.6 Å². The molecule has 0 unspecified atom stereocenters. The Morgan fingerprint density at radius 2 is 1.74 bits per heavy atom. The van der Waals surface area contributed by atoms with E-state index in [0.717, 1.165) is 38.1 Å². The van der Waals surface area contributed by atoms with Crippen molar-refractivity contribution in [3.8, 4) is 5.75 Å². The molecule has 1 aromatic carbocycles. The lowest BCUT2D eigenvalue weighted by Crippen LogP contribution is -2.44. The number of rotatable bonds is 4. The second kappa shape index (κ2) is 7.53. The number of benzene rings is 1. The minimum absolute atomic E-state index is 0.0798. The van der Waals surface area contributed by atoms with Gasteiger partial charge < -0.3 is 15.0 Å². The Kier molecular flexibility index (Phi) is 5.21. The number of hydrogen-bond acceptors (Lipinski definition) is 2. The Morgan fingerprint density at radius 1 is 1.09 bits per heavy atom. The quantitative estimate of drug-likeness (QED) is 0.864. The van der Waals surface area contributed by atoms with Crippen LogP contribution in [-0.2, 0) is 6.42 Å². The van der Waals surface area contributed by atoms with Crippen molar-refractivity contribution in [3.63, 3.8) is 0 Å². The van der Waals surface area contributed by atoms with Gasteiger partial charge in [-0.1, -0.05) is 23.3 Å². The highest BCUT2D eigenvalue weighted by Crippen LogP contribution is 2.33. The summed E-state index contributed by atoms with van der Waals surface area (Å²) < 4.78 is 5.15. The van der Waals surface area contributed by atoms with Gasteiger partial charge in [-0.3, -0.25) is 0 Å². The average molecular weight is 314 g/mol. The molecule has 2 amide bonds. The van der Waals surface area contributed by atoms with E-state index in [1.165, 1.54) is 24.8 Å². The van der Waals surface area contributed by atoms with Crippen molar-refractivity contribution in [2.45, 2.75) is 38.5 Å². The van der Waals surface area contributed by atoms with E-state index >= 15 is 0 Å². The summed E-state index contributed by atoms with van der Waals surface area (Å²) in [6.07, 6.45) is 6.93. The Hall–Kier alpha value is -1.97. The Balaban J connectivity index is 1.39. The third-order valence-corrected chi connectivity index (χ3v) is 4.96. The number of nitrogens with zero attached hydrogens (tertiary/aromatic N) is 1. The zero-order chi connectivity index (χ0) is 16.1. The monoisotopic (exact) mass is 314 g/mol. The van der Waals surface area contributed by atoms with Gasteiger partial charge in [-0.15, -0.1) is 0 Å². The average Bonchev–Trinajstić information content (AvgIpc) is 2.54. The first-order chi connectivity index (χ1) is 11.3. The molecule has 1 saturated carbocycles. The number of carbonyl (C=O) groups is 1. The third-order valence-electron chi connectivity index (χ3n) is 4.96. The Labute approximate surface area is 138 Å². The molecule has 124 valence electrons. The molecule has 23 heavy (non-hydrogen) atoms. The maximum absolute atomic E-state index is 12.2. The molecule has 0 bridgehead atoms. The van der Waals surface area contributed by atoms with E-state index in [1.54, 1.807) is 18.3 Å². The van der Waals surface area contributed by atoms with Crippen LogP contribution in [0.3, 0.4) is 0 Å². The zero-order valence-corrected chi connectivity index (χ0v) is 13.9. The molecule has 0 spiro atoms. The van der Waals surface area contributed by atoms with E-state index in [0.29, 0.717) is 6.54 Å². The van der Waals surface area contributed by atoms with Crippen LogP contribution in [0.15, 0.2) is 35.4 Å². The van der Waals surface area contributed by atoms with Crippen LogP contribution in [0, 0.1) is 0 Å². The fourth-order valence-electron chi connectivity index (χ4n) is 3.26. The summed E-state index contributed by atoms with van der Waals surface area (Å²) in [5.74, 6) is 0.863. The van der Waals surface area contributed by atoms with Crippen molar-refractivity contribution in [1.29, 1.82) is 0 Å². The maximum Gasteiger partial charge on any atom is 0.317 e. The topological polar surface area (TPSA) is 41.6 Å². The predicted molar refractivity (Wildman–Crippen MR) is 91.8 cm³/mol. The van der Waals surface area contributed by atoms with Gasteiger partial charge in [-0.2, -0.15) is 0 Å². The van der Waals surface area contributed by atoms with Gasteiger partial charge in [-0.25, -0.2) is 4.79 Å². The van der Waals surface area contributed by atoms with Crippen LogP contribution in [0.5, 0.6) is 5.75 Å². The van der Waals surface area contributed by atoms with Gasteiger partial charge in [0.15, 0.2) is 0 Å². The number of hydrogen-bond donors (Lipinski definition) is 1. The summed E-state index contributed by atoms with van der Waals surface area (Å²) in [6, 6.07) is 8.08. The van der Waals surface area contributed by atoms with Crippen molar-refractivity contribution in [2.24, 2.45) is 0 Å². The lowest BCUT2D eigenvalue weighted by molar-refractivity contribution is 0.193. The maximum atomic E-state index is 12.2. The van der Waals surface area contributed by atoms with E-state index in [9.17, 15) is 4.79 Å². The number of ether oxygens (including phenoxy) is 1. The molecule has 2 aliphatic rings. The number of nitrogens with one attached hydrogen (secondary N) is 1. The largest absolute Gasteiger partial charge is 0.497 e. The molecule has 1 aliphatic heterocycles. The van der Waals surface area contributed by atoms with Crippen LogP contribution in [0.25, 0.3) is 0 Å². The van der Waals surface area contributed by atoms with E-state index in [2.05, 4.69) is 5.32 Å².